The summed E-state index contributed by atoms with van der Waals surface area (Å²) in [5.74, 6) is -1.53. The summed E-state index contributed by atoms with van der Waals surface area (Å²) in [6.45, 7) is 0. The molecule has 23 heavy (non-hydrogen) atoms. The van der Waals surface area contributed by atoms with Gasteiger partial charge in [0.15, 0.2) is 5.82 Å². The summed E-state index contributed by atoms with van der Waals surface area (Å²) >= 11 is 0. The van der Waals surface area contributed by atoms with Crippen LogP contribution in [0, 0.1) is 0 Å². The Labute approximate surface area is 130 Å². The summed E-state index contributed by atoms with van der Waals surface area (Å²) in [6.07, 6.45) is -0.119. The Hall–Kier alpha value is -3.30. The highest BCUT2D eigenvalue weighted by molar-refractivity contribution is 5.99. The third kappa shape index (κ3) is 4.09. The number of carbonyl (C=O) groups excluding carboxylic acids is 3. The van der Waals surface area contributed by atoms with Gasteiger partial charge in [0.05, 0.1) is 31.8 Å². The Morgan fingerprint density at radius 1 is 1.09 bits per heavy atom. The van der Waals surface area contributed by atoms with Gasteiger partial charge in [-0.1, -0.05) is 5.21 Å². The van der Waals surface area contributed by atoms with E-state index in [2.05, 4.69) is 35.4 Å². The smallest absolute Gasteiger partial charge is 0.337 e. The molecular weight excluding hydrogens is 306 g/mol. The summed E-state index contributed by atoms with van der Waals surface area (Å²) < 4.78 is 9.23. The predicted octanol–water partition coefficient (Wildman–Crippen LogP) is -0.0459. The molecule has 0 saturated carbocycles. The molecule has 1 heterocycles. The molecule has 0 spiro atoms. The van der Waals surface area contributed by atoms with Crippen LogP contribution in [-0.4, -0.2) is 52.7 Å². The van der Waals surface area contributed by atoms with Crippen molar-refractivity contribution < 1.29 is 23.9 Å². The van der Waals surface area contributed by atoms with E-state index >= 15 is 0 Å². The normalized spacial score (nSPS) is 10.0. The zero-order valence-electron chi connectivity index (χ0n) is 12.3. The summed E-state index contributed by atoms with van der Waals surface area (Å²) in [5, 5.41) is 15.4. The van der Waals surface area contributed by atoms with Gasteiger partial charge in [0.25, 0.3) is 0 Å². The van der Waals surface area contributed by atoms with Crippen LogP contribution in [0.15, 0.2) is 18.2 Å². The number of hydrogen-bond donors (Lipinski definition) is 2. The Morgan fingerprint density at radius 2 is 1.70 bits per heavy atom. The quantitative estimate of drug-likeness (QED) is 0.732. The molecule has 2 rings (SSSR count). The van der Waals surface area contributed by atoms with Gasteiger partial charge >= 0.3 is 11.9 Å². The monoisotopic (exact) mass is 319 g/mol. The van der Waals surface area contributed by atoms with Gasteiger partial charge in [0.1, 0.15) is 0 Å². The number of carbonyl (C=O) groups is 3. The molecule has 0 bridgehead atoms. The van der Waals surface area contributed by atoms with Crippen LogP contribution < -0.4 is 5.32 Å². The van der Waals surface area contributed by atoms with E-state index in [-0.39, 0.29) is 29.1 Å². The second kappa shape index (κ2) is 7.11. The Morgan fingerprint density at radius 3 is 2.17 bits per heavy atom. The van der Waals surface area contributed by atoms with Crippen molar-refractivity contribution >= 4 is 23.5 Å². The number of hydrogen-bond acceptors (Lipinski definition) is 8. The van der Waals surface area contributed by atoms with E-state index in [1.165, 1.54) is 32.4 Å². The molecule has 2 aromatic rings. The molecule has 0 fully saturated rings. The average Bonchev–Trinajstić information content (AvgIpc) is 3.05. The summed E-state index contributed by atoms with van der Waals surface area (Å²) in [7, 11) is 2.42. The molecule has 0 radical (unpaired) electrons. The topological polar surface area (TPSA) is 136 Å². The molecule has 1 aromatic carbocycles. The number of tetrazole rings is 1. The summed E-state index contributed by atoms with van der Waals surface area (Å²) in [6, 6.07) is 4.07. The van der Waals surface area contributed by atoms with Crippen molar-refractivity contribution in [3.8, 4) is 0 Å². The third-order valence-corrected chi connectivity index (χ3v) is 2.77. The lowest BCUT2D eigenvalue weighted by Gasteiger charge is -2.09. The molecule has 0 aliphatic heterocycles. The maximum atomic E-state index is 11.9. The molecule has 0 atom stereocenters. The van der Waals surface area contributed by atoms with Crippen molar-refractivity contribution in [2.24, 2.45) is 0 Å². The summed E-state index contributed by atoms with van der Waals surface area (Å²) in [5.41, 5.74) is 0.442. The third-order valence-electron chi connectivity index (χ3n) is 2.77. The molecule has 10 nitrogen and oxygen atoms in total. The number of anilines is 1. The van der Waals surface area contributed by atoms with Crippen LogP contribution in [-0.2, 0) is 20.7 Å². The van der Waals surface area contributed by atoms with Crippen LogP contribution in [0.1, 0.15) is 26.5 Å². The number of aromatic amines is 1. The molecule has 10 heteroatoms. The van der Waals surface area contributed by atoms with Gasteiger partial charge in [-0.3, -0.25) is 4.79 Å². The standard InChI is InChI=1S/C13H13N5O5/c1-22-12(20)7-3-8(13(21)23-2)5-9(4-7)14-11(19)6-10-15-17-18-16-10/h3-5H,6H2,1-2H3,(H,14,19)(H,15,16,17,18). The highest BCUT2D eigenvalue weighted by atomic mass is 16.5. The second-order valence-corrected chi connectivity index (χ2v) is 4.34. The number of nitrogens with zero attached hydrogens (tertiary/aromatic N) is 3. The van der Waals surface area contributed by atoms with Crippen LogP contribution in [0.3, 0.4) is 0 Å². The van der Waals surface area contributed by atoms with Gasteiger partial charge in [-0.05, 0) is 18.2 Å². The fourth-order valence-corrected chi connectivity index (χ4v) is 1.78. The molecule has 0 aliphatic rings. The molecule has 1 aromatic heterocycles. The van der Waals surface area contributed by atoms with Crippen molar-refractivity contribution in [1.82, 2.24) is 20.6 Å². The number of methoxy groups -OCH3 is 2. The predicted molar refractivity (Wildman–Crippen MR) is 75.6 cm³/mol. The van der Waals surface area contributed by atoms with Crippen LogP contribution >= 0.6 is 0 Å². The maximum Gasteiger partial charge on any atom is 0.337 e. The minimum Gasteiger partial charge on any atom is -0.465 e. The summed E-state index contributed by atoms with van der Waals surface area (Å²) in [4.78, 5) is 35.2. The van der Waals surface area contributed by atoms with Crippen molar-refractivity contribution in [3.63, 3.8) is 0 Å². The highest BCUT2D eigenvalue weighted by Crippen LogP contribution is 2.17. The number of amides is 1. The first-order valence-electron chi connectivity index (χ1n) is 6.37. The molecule has 120 valence electrons. The number of H-pyrrole nitrogens is 1. The largest absolute Gasteiger partial charge is 0.465 e. The van der Waals surface area contributed by atoms with Crippen molar-refractivity contribution in [1.29, 1.82) is 0 Å². The first-order chi connectivity index (χ1) is 11.0. The Kier molecular flexibility index (Phi) is 4.97. The van der Waals surface area contributed by atoms with E-state index in [0.29, 0.717) is 0 Å². The SMILES string of the molecule is COC(=O)c1cc(NC(=O)Cc2nn[nH]n2)cc(C(=O)OC)c1. The van der Waals surface area contributed by atoms with Gasteiger partial charge in [-0.2, -0.15) is 5.21 Å². The van der Waals surface area contributed by atoms with Crippen LogP contribution in [0.25, 0.3) is 0 Å². The Balaban J connectivity index is 2.23. The van der Waals surface area contributed by atoms with E-state index in [9.17, 15) is 14.4 Å². The average molecular weight is 319 g/mol. The van der Waals surface area contributed by atoms with Crippen molar-refractivity contribution in [2.45, 2.75) is 6.42 Å². The van der Waals surface area contributed by atoms with E-state index in [0.717, 1.165) is 0 Å². The van der Waals surface area contributed by atoms with Crippen molar-refractivity contribution in [3.05, 3.63) is 35.2 Å². The molecule has 1 amide bonds. The fourth-order valence-electron chi connectivity index (χ4n) is 1.78. The Bertz CT molecular complexity index is 694. The maximum absolute atomic E-state index is 11.9. The lowest BCUT2D eigenvalue weighted by atomic mass is 10.1. The van der Waals surface area contributed by atoms with Crippen molar-refractivity contribution in [2.75, 3.05) is 19.5 Å². The van der Waals surface area contributed by atoms with Gasteiger partial charge in [-0.15, -0.1) is 10.2 Å². The number of esters is 2. The second-order valence-electron chi connectivity index (χ2n) is 4.34. The molecule has 0 unspecified atom stereocenters. The van der Waals surface area contributed by atoms with Crippen LogP contribution in [0.2, 0.25) is 0 Å². The van der Waals surface area contributed by atoms with Crippen LogP contribution in [0.5, 0.6) is 0 Å². The minimum atomic E-state index is -0.649. The number of rotatable bonds is 5. The lowest BCUT2D eigenvalue weighted by molar-refractivity contribution is -0.115. The first kappa shape index (κ1) is 16.1. The van der Waals surface area contributed by atoms with Gasteiger partial charge < -0.3 is 14.8 Å². The molecule has 2 N–H and O–H groups in total. The van der Waals surface area contributed by atoms with Gasteiger partial charge in [0.2, 0.25) is 5.91 Å². The number of benzene rings is 1. The molecular formula is C13H13N5O5. The van der Waals surface area contributed by atoms with E-state index in [1.54, 1.807) is 0 Å². The van der Waals surface area contributed by atoms with Crippen LogP contribution in [0.4, 0.5) is 5.69 Å². The van der Waals surface area contributed by atoms with E-state index < -0.39 is 17.8 Å². The zero-order valence-corrected chi connectivity index (χ0v) is 12.3. The zero-order chi connectivity index (χ0) is 16.8. The lowest BCUT2D eigenvalue weighted by Crippen LogP contribution is -2.16. The number of nitrogens with one attached hydrogen (secondary N) is 2. The molecule has 0 saturated heterocycles. The molecule has 0 aliphatic carbocycles. The number of aromatic nitrogens is 4. The highest BCUT2D eigenvalue weighted by Gasteiger charge is 2.15. The fraction of sp³-hybridized carbons (Fsp3) is 0.231. The number of ether oxygens (including phenoxy) is 2. The first-order valence-corrected chi connectivity index (χ1v) is 6.37. The minimum absolute atomic E-state index is 0.102. The van der Waals surface area contributed by atoms with E-state index in [1.807, 2.05) is 0 Å². The van der Waals surface area contributed by atoms with E-state index in [4.69, 9.17) is 0 Å². The van der Waals surface area contributed by atoms with Gasteiger partial charge in [0, 0.05) is 5.69 Å². The van der Waals surface area contributed by atoms with Gasteiger partial charge in [-0.25, -0.2) is 9.59 Å².